The van der Waals surface area contributed by atoms with E-state index >= 15 is 0 Å². The van der Waals surface area contributed by atoms with E-state index in [2.05, 4.69) is 24.9 Å². The molecule has 1 saturated carbocycles. The van der Waals surface area contributed by atoms with Crippen LogP contribution in [0.1, 0.15) is 32.6 Å². The molecule has 1 aliphatic rings. The topological polar surface area (TPSA) is 36.3 Å². The minimum absolute atomic E-state index is 0.211. The molecule has 0 radical (unpaired) electrons. The van der Waals surface area contributed by atoms with Gasteiger partial charge in [0, 0.05) is 19.2 Å². The van der Waals surface area contributed by atoms with Crippen molar-refractivity contribution in [3.8, 4) is 6.07 Å². The number of methoxy groups -OCH3 is 1. The third-order valence-electron chi connectivity index (χ3n) is 3.52. The molecule has 0 N–H and O–H groups in total. The van der Waals surface area contributed by atoms with Crippen LogP contribution in [0.25, 0.3) is 0 Å². The second-order valence-corrected chi connectivity index (χ2v) is 4.56. The molecule has 1 rings (SSSR count). The summed E-state index contributed by atoms with van der Waals surface area (Å²) >= 11 is 0. The maximum atomic E-state index is 9.11. The minimum atomic E-state index is 0.211. The Morgan fingerprint density at radius 1 is 1.47 bits per heavy atom. The molecule has 0 aromatic carbocycles. The van der Waals surface area contributed by atoms with Crippen LogP contribution < -0.4 is 0 Å². The molecule has 0 spiro atoms. The van der Waals surface area contributed by atoms with Gasteiger partial charge >= 0.3 is 0 Å². The summed E-state index contributed by atoms with van der Waals surface area (Å²) in [6.45, 7) is 2.90. The Kier molecular flexibility index (Phi) is 5.07. The van der Waals surface area contributed by atoms with Gasteiger partial charge in [-0.3, -0.25) is 4.90 Å². The lowest BCUT2D eigenvalue weighted by Gasteiger charge is -2.38. The average Bonchev–Trinajstić information content (AvgIpc) is 2.28. The molecule has 86 valence electrons. The first kappa shape index (κ1) is 12.5. The summed E-state index contributed by atoms with van der Waals surface area (Å²) < 4.78 is 5.16. The summed E-state index contributed by atoms with van der Waals surface area (Å²) in [6.07, 6.45) is 4.68. The van der Waals surface area contributed by atoms with Crippen LogP contribution in [0.5, 0.6) is 0 Å². The Morgan fingerprint density at radius 3 is 2.73 bits per heavy atom. The first-order valence-electron chi connectivity index (χ1n) is 5.81. The fourth-order valence-electron chi connectivity index (χ4n) is 2.43. The highest BCUT2D eigenvalue weighted by atomic mass is 16.5. The smallest absolute Gasteiger partial charge is 0.0672 e. The molecule has 0 bridgehead atoms. The van der Waals surface area contributed by atoms with E-state index in [1.807, 2.05) is 0 Å². The number of nitrogens with zero attached hydrogens (tertiary/aromatic N) is 2. The van der Waals surface area contributed by atoms with E-state index in [0.717, 1.165) is 19.4 Å². The van der Waals surface area contributed by atoms with E-state index in [0.29, 0.717) is 12.1 Å². The standard InChI is InChI=1S/C12H22N2O/c1-10(9-15-3)14(2)12-7-5-4-6-11(12)8-13/h10-12H,4-7,9H2,1-3H3. The van der Waals surface area contributed by atoms with Crippen molar-refractivity contribution < 1.29 is 4.74 Å². The van der Waals surface area contributed by atoms with Crippen LogP contribution in [0.4, 0.5) is 0 Å². The van der Waals surface area contributed by atoms with Gasteiger partial charge in [-0.15, -0.1) is 0 Å². The third-order valence-corrected chi connectivity index (χ3v) is 3.52. The molecule has 0 heterocycles. The first-order chi connectivity index (χ1) is 7.20. The first-order valence-corrected chi connectivity index (χ1v) is 5.81. The van der Waals surface area contributed by atoms with Gasteiger partial charge in [-0.1, -0.05) is 12.8 Å². The Labute approximate surface area is 93.0 Å². The predicted molar refractivity (Wildman–Crippen MR) is 60.5 cm³/mol. The van der Waals surface area contributed by atoms with Gasteiger partial charge in [0.1, 0.15) is 0 Å². The molecule has 1 aliphatic carbocycles. The zero-order valence-corrected chi connectivity index (χ0v) is 10.1. The molecule has 3 atom stereocenters. The van der Waals surface area contributed by atoms with E-state index in [1.165, 1.54) is 12.8 Å². The molecule has 0 saturated heterocycles. The summed E-state index contributed by atoms with van der Waals surface area (Å²) in [6, 6.07) is 3.27. The molecular weight excluding hydrogens is 188 g/mol. The van der Waals surface area contributed by atoms with E-state index < -0.39 is 0 Å². The number of hydrogen-bond acceptors (Lipinski definition) is 3. The summed E-state index contributed by atoms with van der Waals surface area (Å²) in [5.41, 5.74) is 0. The Morgan fingerprint density at radius 2 is 2.13 bits per heavy atom. The number of hydrogen-bond donors (Lipinski definition) is 0. The highest BCUT2D eigenvalue weighted by Gasteiger charge is 2.30. The highest BCUT2D eigenvalue weighted by Crippen LogP contribution is 2.28. The van der Waals surface area contributed by atoms with Crippen LogP contribution in [-0.4, -0.2) is 37.7 Å². The maximum absolute atomic E-state index is 9.11. The minimum Gasteiger partial charge on any atom is -0.383 e. The van der Waals surface area contributed by atoms with E-state index in [-0.39, 0.29) is 5.92 Å². The Bertz CT molecular complexity index is 224. The molecular formula is C12H22N2O. The average molecular weight is 210 g/mol. The van der Waals surface area contributed by atoms with Crippen molar-refractivity contribution in [2.24, 2.45) is 5.92 Å². The number of ether oxygens (including phenoxy) is 1. The Hall–Kier alpha value is -0.590. The zero-order valence-electron chi connectivity index (χ0n) is 10.1. The number of rotatable bonds is 4. The van der Waals surface area contributed by atoms with Crippen molar-refractivity contribution in [3.63, 3.8) is 0 Å². The highest BCUT2D eigenvalue weighted by molar-refractivity contribution is 4.95. The van der Waals surface area contributed by atoms with Crippen LogP contribution in [0, 0.1) is 17.2 Å². The molecule has 0 aromatic rings. The SMILES string of the molecule is COCC(C)N(C)C1CCCCC1C#N. The maximum Gasteiger partial charge on any atom is 0.0672 e. The van der Waals surface area contributed by atoms with Gasteiger partial charge in [0.25, 0.3) is 0 Å². The summed E-state index contributed by atoms with van der Waals surface area (Å²) in [4.78, 5) is 2.32. The zero-order chi connectivity index (χ0) is 11.3. The third kappa shape index (κ3) is 3.19. The monoisotopic (exact) mass is 210 g/mol. The fourth-order valence-corrected chi connectivity index (χ4v) is 2.43. The van der Waals surface area contributed by atoms with Crippen LogP contribution in [0.15, 0.2) is 0 Å². The lowest BCUT2D eigenvalue weighted by atomic mass is 9.84. The van der Waals surface area contributed by atoms with Crippen molar-refractivity contribution in [1.29, 1.82) is 5.26 Å². The fraction of sp³-hybridized carbons (Fsp3) is 0.917. The lowest BCUT2D eigenvalue weighted by molar-refractivity contribution is 0.0622. The van der Waals surface area contributed by atoms with E-state index in [1.54, 1.807) is 7.11 Å². The molecule has 3 unspecified atom stereocenters. The molecule has 0 aromatic heterocycles. The van der Waals surface area contributed by atoms with Crippen molar-refractivity contribution in [2.75, 3.05) is 20.8 Å². The van der Waals surface area contributed by atoms with Crippen molar-refractivity contribution >= 4 is 0 Å². The van der Waals surface area contributed by atoms with Crippen molar-refractivity contribution in [3.05, 3.63) is 0 Å². The van der Waals surface area contributed by atoms with Gasteiger partial charge in [0.05, 0.1) is 18.6 Å². The van der Waals surface area contributed by atoms with Gasteiger partial charge in [0.15, 0.2) is 0 Å². The second kappa shape index (κ2) is 6.09. The van der Waals surface area contributed by atoms with Crippen LogP contribution in [0.2, 0.25) is 0 Å². The largest absolute Gasteiger partial charge is 0.383 e. The van der Waals surface area contributed by atoms with Gasteiger partial charge < -0.3 is 4.74 Å². The van der Waals surface area contributed by atoms with Crippen molar-refractivity contribution in [1.82, 2.24) is 4.90 Å². The molecule has 0 amide bonds. The van der Waals surface area contributed by atoms with Crippen LogP contribution in [0.3, 0.4) is 0 Å². The number of nitriles is 1. The molecule has 3 heteroatoms. The van der Waals surface area contributed by atoms with Gasteiger partial charge in [-0.25, -0.2) is 0 Å². The Balaban J connectivity index is 2.55. The second-order valence-electron chi connectivity index (χ2n) is 4.56. The molecule has 1 fully saturated rings. The molecule has 15 heavy (non-hydrogen) atoms. The van der Waals surface area contributed by atoms with E-state index in [4.69, 9.17) is 10.00 Å². The summed E-state index contributed by atoms with van der Waals surface area (Å²) in [7, 11) is 3.84. The van der Waals surface area contributed by atoms with Crippen LogP contribution >= 0.6 is 0 Å². The van der Waals surface area contributed by atoms with Gasteiger partial charge in [0.2, 0.25) is 0 Å². The van der Waals surface area contributed by atoms with Gasteiger partial charge in [-0.2, -0.15) is 5.26 Å². The van der Waals surface area contributed by atoms with Crippen molar-refractivity contribution in [2.45, 2.75) is 44.7 Å². The van der Waals surface area contributed by atoms with Gasteiger partial charge in [-0.05, 0) is 26.8 Å². The molecule has 3 nitrogen and oxygen atoms in total. The summed E-state index contributed by atoms with van der Waals surface area (Å²) in [5.74, 6) is 0.211. The molecule has 0 aliphatic heterocycles. The summed E-state index contributed by atoms with van der Waals surface area (Å²) in [5, 5.41) is 9.11. The lowest BCUT2D eigenvalue weighted by Crippen LogP contribution is -2.45. The quantitative estimate of drug-likeness (QED) is 0.712. The predicted octanol–water partition coefficient (Wildman–Crippen LogP) is 2.04. The van der Waals surface area contributed by atoms with E-state index in [9.17, 15) is 0 Å². The normalized spacial score (nSPS) is 28.7. The van der Waals surface area contributed by atoms with Crippen LogP contribution in [-0.2, 0) is 4.74 Å². The number of likely N-dealkylation sites (N-methyl/N-ethyl adjacent to an activating group) is 1.